The summed E-state index contributed by atoms with van der Waals surface area (Å²) in [6.07, 6.45) is 48.3. The second-order valence-electron chi connectivity index (χ2n) is 15.1. The van der Waals surface area contributed by atoms with E-state index in [-0.39, 0.29) is 11.5 Å². The van der Waals surface area contributed by atoms with Gasteiger partial charge in [-0.1, -0.05) is 74.1 Å². The maximum atomic E-state index is 11.1. The summed E-state index contributed by atoms with van der Waals surface area (Å²) >= 11 is 0. The molecule has 0 amide bonds. The van der Waals surface area contributed by atoms with E-state index in [0.717, 1.165) is 56.9 Å². The third-order valence-electron chi connectivity index (χ3n) is 12.5. The minimum absolute atomic E-state index is 0.113. The van der Waals surface area contributed by atoms with E-state index in [1.165, 1.54) is 65.3 Å². The van der Waals surface area contributed by atoms with Crippen LogP contribution in [0.5, 0.6) is 0 Å². The summed E-state index contributed by atoms with van der Waals surface area (Å²) in [5.41, 5.74) is 9.56. The van der Waals surface area contributed by atoms with E-state index in [1.807, 2.05) is 6.08 Å². The second-order valence-corrected chi connectivity index (χ2v) is 15.1. The molecule has 6 unspecified atom stereocenters. The molecule has 0 aromatic heterocycles. The highest BCUT2D eigenvalue weighted by Gasteiger charge is 2.54. The van der Waals surface area contributed by atoms with Crippen molar-refractivity contribution < 1.29 is 9.84 Å². The monoisotopic (exact) mass is 624 g/mol. The van der Waals surface area contributed by atoms with Gasteiger partial charge in [-0.05, 0) is 106 Å². The van der Waals surface area contributed by atoms with Crippen LogP contribution in [0.2, 0.25) is 0 Å². The predicted octanol–water partition coefficient (Wildman–Crippen LogP) is 9.86. The van der Waals surface area contributed by atoms with Gasteiger partial charge in [0.05, 0.1) is 18.1 Å². The first-order chi connectivity index (χ1) is 23.1. The number of ether oxygens (including phenoxy) is 1. The average molecular weight is 625 g/mol. The molecular formula is C43H48N2O2. The first-order valence-corrected chi connectivity index (χ1v) is 18.4. The zero-order valence-electron chi connectivity index (χ0n) is 27.8. The van der Waals surface area contributed by atoms with E-state index in [9.17, 15) is 5.11 Å². The van der Waals surface area contributed by atoms with Crippen LogP contribution >= 0.6 is 0 Å². The summed E-state index contributed by atoms with van der Waals surface area (Å²) < 4.78 is 6.64. The number of hydrogen-bond donors (Lipinski definition) is 1. The van der Waals surface area contributed by atoms with Crippen LogP contribution in [0.25, 0.3) is 0 Å². The lowest BCUT2D eigenvalue weighted by molar-refractivity contribution is 0.0345. The highest BCUT2D eigenvalue weighted by atomic mass is 16.5. The van der Waals surface area contributed by atoms with E-state index in [4.69, 9.17) is 4.74 Å². The topological polar surface area (TPSA) is 35.9 Å². The van der Waals surface area contributed by atoms with Crippen molar-refractivity contribution in [2.45, 2.75) is 108 Å². The minimum Gasteiger partial charge on any atom is -0.508 e. The van der Waals surface area contributed by atoms with E-state index < -0.39 is 0 Å². The van der Waals surface area contributed by atoms with Gasteiger partial charge in [-0.15, -0.1) is 0 Å². The molecule has 2 heterocycles. The van der Waals surface area contributed by atoms with Gasteiger partial charge in [0, 0.05) is 46.0 Å². The van der Waals surface area contributed by atoms with Crippen molar-refractivity contribution >= 4 is 0 Å². The fourth-order valence-corrected chi connectivity index (χ4v) is 10.1. The van der Waals surface area contributed by atoms with Crippen molar-refractivity contribution in [3.8, 4) is 0 Å². The van der Waals surface area contributed by atoms with Crippen LogP contribution in [0.3, 0.4) is 0 Å². The summed E-state index contributed by atoms with van der Waals surface area (Å²) in [7, 11) is 0. The summed E-state index contributed by atoms with van der Waals surface area (Å²) in [4.78, 5) is 5.42. The summed E-state index contributed by atoms with van der Waals surface area (Å²) in [6, 6.07) is 0.771. The smallest absolute Gasteiger partial charge is 0.119 e. The highest BCUT2D eigenvalue weighted by molar-refractivity contribution is 5.58. The van der Waals surface area contributed by atoms with Crippen LogP contribution in [0, 0.1) is 11.3 Å². The molecule has 2 saturated heterocycles. The van der Waals surface area contributed by atoms with Crippen LogP contribution in [-0.2, 0) is 4.74 Å². The van der Waals surface area contributed by atoms with Crippen molar-refractivity contribution in [1.29, 1.82) is 0 Å². The van der Waals surface area contributed by atoms with Crippen LogP contribution in [-0.4, -0.2) is 39.1 Å². The fourth-order valence-electron chi connectivity index (χ4n) is 10.1. The van der Waals surface area contributed by atoms with Crippen LogP contribution in [0.15, 0.2) is 142 Å². The molecule has 3 fully saturated rings. The van der Waals surface area contributed by atoms with E-state index in [1.54, 1.807) is 0 Å². The Bertz CT molecular complexity index is 1730. The molecule has 1 N–H and O–H groups in total. The lowest BCUT2D eigenvalue weighted by Crippen LogP contribution is -2.41. The van der Waals surface area contributed by atoms with Gasteiger partial charge in [0.15, 0.2) is 0 Å². The van der Waals surface area contributed by atoms with Crippen molar-refractivity contribution in [3.05, 3.63) is 142 Å². The Morgan fingerprint density at radius 3 is 2.60 bits per heavy atom. The molecule has 1 saturated carbocycles. The third-order valence-corrected chi connectivity index (χ3v) is 12.5. The largest absolute Gasteiger partial charge is 0.508 e. The first kappa shape index (κ1) is 29.2. The first-order valence-electron chi connectivity index (χ1n) is 18.4. The Morgan fingerprint density at radius 2 is 1.74 bits per heavy atom. The number of aliphatic hydroxyl groups is 1. The quantitative estimate of drug-likeness (QED) is 0.330. The highest BCUT2D eigenvalue weighted by Crippen LogP contribution is 2.58. The van der Waals surface area contributed by atoms with Gasteiger partial charge in [0.2, 0.25) is 0 Å². The van der Waals surface area contributed by atoms with Gasteiger partial charge in [-0.2, -0.15) is 0 Å². The lowest BCUT2D eigenvalue weighted by Gasteiger charge is -2.42. The molecule has 242 valence electrons. The maximum absolute atomic E-state index is 11.1. The predicted molar refractivity (Wildman–Crippen MR) is 190 cm³/mol. The molecule has 4 heteroatoms. The Kier molecular flexibility index (Phi) is 7.25. The summed E-state index contributed by atoms with van der Waals surface area (Å²) in [5.74, 6) is 2.13. The van der Waals surface area contributed by atoms with Crippen LogP contribution < -0.4 is 0 Å². The Morgan fingerprint density at radius 1 is 0.872 bits per heavy atom. The Balaban J connectivity index is 1.11. The molecule has 0 aromatic carbocycles. The van der Waals surface area contributed by atoms with E-state index >= 15 is 0 Å². The van der Waals surface area contributed by atoms with Gasteiger partial charge in [-0.25, -0.2) is 0 Å². The Labute approximate surface area is 280 Å². The van der Waals surface area contributed by atoms with Crippen molar-refractivity contribution in [1.82, 2.24) is 9.80 Å². The minimum atomic E-state index is 0.113. The molecule has 2 aliphatic heterocycles. The molecule has 9 rings (SSSR count). The summed E-state index contributed by atoms with van der Waals surface area (Å²) in [6.45, 7) is 2.51. The van der Waals surface area contributed by atoms with Crippen molar-refractivity contribution in [3.63, 3.8) is 0 Å². The molecule has 0 aromatic rings. The molecule has 0 spiro atoms. The van der Waals surface area contributed by atoms with Crippen LogP contribution in [0.1, 0.15) is 84.0 Å². The van der Waals surface area contributed by atoms with Crippen molar-refractivity contribution in [2.24, 2.45) is 11.3 Å². The second kappa shape index (κ2) is 11.6. The zero-order valence-corrected chi connectivity index (χ0v) is 27.8. The average Bonchev–Trinajstić information content (AvgIpc) is 3.62. The molecule has 47 heavy (non-hydrogen) atoms. The number of rotatable bonds is 5. The van der Waals surface area contributed by atoms with Crippen LogP contribution in [0.4, 0.5) is 0 Å². The number of nitrogens with zero attached hydrogens (tertiary/aromatic N) is 2. The van der Waals surface area contributed by atoms with Crippen molar-refractivity contribution in [2.75, 3.05) is 0 Å². The van der Waals surface area contributed by atoms with Gasteiger partial charge >= 0.3 is 0 Å². The number of allylic oxidation sites excluding steroid dienone is 15. The molecule has 0 radical (unpaired) electrons. The molecule has 0 bridgehead atoms. The van der Waals surface area contributed by atoms with Gasteiger partial charge < -0.3 is 19.6 Å². The third kappa shape index (κ3) is 4.77. The number of hydrogen-bond acceptors (Lipinski definition) is 4. The normalized spacial score (nSPS) is 35.3. The molecular weight excluding hydrogens is 576 g/mol. The molecule has 7 aliphatic carbocycles. The van der Waals surface area contributed by atoms with Gasteiger partial charge in [0.25, 0.3) is 0 Å². The van der Waals surface area contributed by atoms with Gasteiger partial charge in [0.1, 0.15) is 17.6 Å². The fraction of sp³-hybridized carbons (Fsp3) is 0.442. The van der Waals surface area contributed by atoms with Gasteiger partial charge in [-0.3, -0.25) is 0 Å². The number of fused-ring (bicyclic) bond motifs is 6. The zero-order chi connectivity index (χ0) is 31.5. The molecule has 9 aliphatic rings. The SMILES string of the molecule is CC12CCCCC1OC1=CC=C(N3C4CC=CC=C4C4=C(N(C5=CCCC=C5)C5C=CC(O)=C(C6=CCCC=C6)C5)C=CCC43)CC12. The maximum Gasteiger partial charge on any atom is 0.119 e. The van der Waals surface area contributed by atoms with E-state index in [0.29, 0.717) is 29.9 Å². The number of likely N-dealkylation sites (tertiary alicyclic amines) is 1. The van der Waals surface area contributed by atoms with E-state index in [2.05, 4.69) is 102 Å². The summed E-state index contributed by atoms with van der Waals surface area (Å²) in [5, 5.41) is 11.1. The Hall–Kier alpha value is -3.92. The molecule has 4 nitrogen and oxygen atoms in total. The molecule has 6 atom stereocenters. The lowest BCUT2D eigenvalue weighted by atomic mass is 9.65. The standard InChI is InChI=1S/C43H48N2O2/c1-43-26-11-10-21-41(43)47-40-25-23-32(28-35(40)43)45-36-18-9-8-17-33(36)42-37(19-12-20-38(42)45)44(30-15-6-3-7-16-30)31-22-24-39(46)34(27-31)29-13-4-2-5-14-29/h4,6,8-9,12-17,19,22-25,31,35-36,38,41,46H,2-3,5,7,10-11,18,20-21,26-28H2,1H3. The number of aliphatic hydroxyl groups excluding tert-OH is 1.